The first kappa shape index (κ1) is 11.4. The molecular weight excluding hydrogens is 212 g/mol. The van der Waals surface area contributed by atoms with Gasteiger partial charge >= 0.3 is 5.97 Å². The summed E-state index contributed by atoms with van der Waals surface area (Å²) in [7, 11) is 4.58. The molecule has 1 heterocycles. The molecule has 5 nitrogen and oxygen atoms in total. The number of epoxide rings is 1. The van der Waals surface area contributed by atoms with Crippen molar-refractivity contribution in [2.45, 2.75) is 25.2 Å². The molecule has 0 saturated carbocycles. The average Bonchev–Trinajstić information content (AvgIpc) is 3.00. The molecule has 0 bridgehead atoms. The molecule has 0 N–H and O–H groups in total. The van der Waals surface area contributed by atoms with Crippen molar-refractivity contribution in [3.05, 3.63) is 11.8 Å². The molecule has 0 aromatic carbocycles. The minimum atomic E-state index is -0.585. The van der Waals surface area contributed by atoms with E-state index in [9.17, 15) is 4.79 Å². The van der Waals surface area contributed by atoms with Crippen LogP contribution in [0.4, 0.5) is 0 Å². The molecular formula is C11H16O5. The summed E-state index contributed by atoms with van der Waals surface area (Å²) in [5.74, 6) is 0.582. The lowest BCUT2D eigenvalue weighted by Crippen LogP contribution is -2.39. The van der Waals surface area contributed by atoms with Crippen LogP contribution >= 0.6 is 0 Å². The maximum absolute atomic E-state index is 11.7. The Bertz CT molecular complexity index is 324. The summed E-state index contributed by atoms with van der Waals surface area (Å²) in [6.07, 6.45) is 2.78. The van der Waals surface area contributed by atoms with Crippen LogP contribution in [-0.2, 0) is 23.7 Å². The Hall–Kier alpha value is -1.07. The van der Waals surface area contributed by atoms with Gasteiger partial charge in [-0.05, 0) is 12.5 Å². The molecule has 0 radical (unpaired) electrons. The molecule has 0 aromatic heterocycles. The van der Waals surface area contributed by atoms with Crippen LogP contribution in [0.1, 0.15) is 12.8 Å². The maximum Gasteiger partial charge on any atom is 0.316 e. The van der Waals surface area contributed by atoms with Crippen LogP contribution in [-0.4, -0.2) is 39.7 Å². The van der Waals surface area contributed by atoms with Gasteiger partial charge in [0.05, 0.1) is 25.4 Å². The predicted octanol–water partition coefficient (Wildman–Crippen LogP) is 0.841. The fourth-order valence-electron chi connectivity index (χ4n) is 2.11. The summed E-state index contributed by atoms with van der Waals surface area (Å²) >= 11 is 0. The molecule has 2 rings (SSSR count). The minimum absolute atomic E-state index is 0.0150. The molecule has 0 spiro atoms. The zero-order valence-electron chi connectivity index (χ0n) is 9.69. The Morgan fingerprint density at radius 2 is 2.25 bits per heavy atom. The summed E-state index contributed by atoms with van der Waals surface area (Å²) in [6.45, 7) is 0. The molecule has 90 valence electrons. The van der Waals surface area contributed by atoms with E-state index >= 15 is 0 Å². The number of allylic oxidation sites excluding steroid dienone is 1. The first-order chi connectivity index (χ1) is 7.65. The number of methoxy groups -OCH3 is 3. The van der Waals surface area contributed by atoms with Crippen molar-refractivity contribution in [3.63, 3.8) is 0 Å². The lowest BCUT2D eigenvalue weighted by Gasteiger charge is -2.35. The van der Waals surface area contributed by atoms with Crippen molar-refractivity contribution in [2.24, 2.45) is 5.41 Å². The van der Waals surface area contributed by atoms with Crippen molar-refractivity contribution in [2.75, 3.05) is 21.3 Å². The van der Waals surface area contributed by atoms with Crippen molar-refractivity contribution in [1.29, 1.82) is 0 Å². The van der Waals surface area contributed by atoms with Crippen LogP contribution in [0.5, 0.6) is 0 Å². The van der Waals surface area contributed by atoms with Gasteiger partial charge in [-0.3, -0.25) is 4.79 Å². The van der Waals surface area contributed by atoms with Gasteiger partial charge in [-0.1, -0.05) is 0 Å². The molecule has 16 heavy (non-hydrogen) atoms. The summed E-state index contributed by atoms with van der Waals surface area (Å²) in [5, 5.41) is 0. The van der Waals surface area contributed by atoms with Gasteiger partial charge in [-0.25, -0.2) is 0 Å². The summed E-state index contributed by atoms with van der Waals surface area (Å²) in [4.78, 5) is 11.7. The van der Waals surface area contributed by atoms with E-state index in [-0.39, 0.29) is 18.4 Å². The van der Waals surface area contributed by atoms with E-state index in [4.69, 9.17) is 18.9 Å². The Labute approximate surface area is 94.3 Å². The molecule has 5 heteroatoms. The molecule has 1 aliphatic carbocycles. The number of carbonyl (C=O) groups is 1. The maximum atomic E-state index is 11.7. The van der Waals surface area contributed by atoms with Gasteiger partial charge in [0, 0.05) is 13.5 Å². The highest BCUT2D eigenvalue weighted by Crippen LogP contribution is 2.47. The van der Waals surface area contributed by atoms with Gasteiger partial charge in [0.25, 0.3) is 0 Å². The number of ether oxygens (including phenoxy) is 4. The number of hydrogen-bond acceptors (Lipinski definition) is 5. The quantitative estimate of drug-likeness (QED) is 0.515. The van der Waals surface area contributed by atoms with Gasteiger partial charge in [-0.2, -0.15) is 0 Å². The van der Waals surface area contributed by atoms with E-state index < -0.39 is 5.41 Å². The summed E-state index contributed by atoms with van der Waals surface area (Å²) < 4.78 is 20.2. The number of esters is 1. The molecule has 0 aromatic rings. The van der Waals surface area contributed by atoms with Crippen molar-refractivity contribution in [1.82, 2.24) is 0 Å². The third kappa shape index (κ3) is 1.81. The molecule has 3 unspecified atom stereocenters. The SMILES string of the molecule is COC(=O)C1(CC2OC2OC)C=C(OC)C1. The number of carbonyl (C=O) groups excluding carboxylic acids is 1. The van der Waals surface area contributed by atoms with Crippen LogP contribution in [0.3, 0.4) is 0 Å². The lowest BCUT2D eigenvalue weighted by atomic mass is 9.71. The Balaban J connectivity index is 2.01. The van der Waals surface area contributed by atoms with Gasteiger partial charge in [0.15, 0.2) is 6.29 Å². The second-order valence-corrected chi connectivity index (χ2v) is 4.12. The monoisotopic (exact) mass is 228 g/mol. The van der Waals surface area contributed by atoms with Gasteiger partial charge < -0.3 is 18.9 Å². The zero-order valence-corrected chi connectivity index (χ0v) is 9.69. The third-order valence-corrected chi connectivity index (χ3v) is 3.11. The zero-order chi connectivity index (χ0) is 11.8. The van der Waals surface area contributed by atoms with E-state index in [1.165, 1.54) is 7.11 Å². The largest absolute Gasteiger partial charge is 0.501 e. The first-order valence-corrected chi connectivity index (χ1v) is 5.17. The Morgan fingerprint density at radius 1 is 1.56 bits per heavy atom. The highest BCUT2D eigenvalue weighted by molar-refractivity contribution is 5.81. The van der Waals surface area contributed by atoms with Gasteiger partial charge in [0.2, 0.25) is 0 Å². The standard InChI is InChI=1S/C11H16O5/c1-13-7-4-11(5-7,10(12)15-3)6-8-9(14-2)16-8/h4,8-9H,5-6H2,1-3H3. The first-order valence-electron chi connectivity index (χ1n) is 5.17. The average molecular weight is 228 g/mol. The molecule has 1 aliphatic heterocycles. The van der Waals surface area contributed by atoms with E-state index in [2.05, 4.69) is 0 Å². The fraction of sp³-hybridized carbons (Fsp3) is 0.727. The van der Waals surface area contributed by atoms with Crippen LogP contribution in [0.2, 0.25) is 0 Å². The second-order valence-electron chi connectivity index (χ2n) is 4.12. The van der Waals surface area contributed by atoms with E-state index in [1.54, 1.807) is 14.2 Å². The predicted molar refractivity (Wildman–Crippen MR) is 54.4 cm³/mol. The third-order valence-electron chi connectivity index (χ3n) is 3.11. The van der Waals surface area contributed by atoms with Gasteiger partial charge in [-0.15, -0.1) is 0 Å². The van der Waals surface area contributed by atoms with E-state index in [0.29, 0.717) is 12.8 Å². The summed E-state index contributed by atoms with van der Waals surface area (Å²) in [5.41, 5.74) is -0.585. The van der Waals surface area contributed by atoms with Crippen LogP contribution in [0, 0.1) is 5.41 Å². The van der Waals surface area contributed by atoms with Gasteiger partial charge in [0.1, 0.15) is 6.10 Å². The number of rotatable bonds is 5. The van der Waals surface area contributed by atoms with Crippen molar-refractivity contribution in [3.8, 4) is 0 Å². The highest BCUT2D eigenvalue weighted by Gasteiger charge is 2.53. The molecule has 1 fully saturated rings. The Morgan fingerprint density at radius 3 is 2.69 bits per heavy atom. The van der Waals surface area contributed by atoms with Crippen molar-refractivity contribution >= 4 is 5.97 Å². The second kappa shape index (κ2) is 4.07. The lowest BCUT2D eigenvalue weighted by molar-refractivity contribution is -0.152. The molecule has 3 atom stereocenters. The molecule has 1 saturated heterocycles. The van der Waals surface area contributed by atoms with Crippen LogP contribution in [0.25, 0.3) is 0 Å². The van der Waals surface area contributed by atoms with Crippen LogP contribution in [0.15, 0.2) is 11.8 Å². The molecule has 2 aliphatic rings. The minimum Gasteiger partial charge on any atom is -0.501 e. The van der Waals surface area contributed by atoms with Crippen molar-refractivity contribution < 1.29 is 23.7 Å². The Kier molecular flexibility index (Phi) is 2.90. The number of hydrogen-bond donors (Lipinski definition) is 0. The smallest absolute Gasteiger partial charge is 0.316 e. The van der Waals surface area contributed by atoms with E-state index in [1.807, 2.05) is 6.08 Å². The topological polar surface area (TPSA) is 57.3 Å². The molecule has 0 amide bonds. The summed E-state index contributed by atoms with van der Waals surface area (Å²) in [6, 6.07) is 0. The fourth-order valence-corrected chi connectivity index (χ4v) is 2.11. The van der Waals surface area contributed by atoms with E-state index in [0.717, 1.165) is 5.76 Å². The normalized spacial score (nSPS) is 36.1. The van der Waals surface area contributed by atoms with Crippen LogP contribution < -0.4 is 0 Å². The highest BCUT2D eigenvalue weighted by atomic mass is 16.8.